The number of carbonyl (C=O) groups excluding carboxylic acids is 1. The van der Waals surface area contributed by atoms with Gasteiger partial charge in [-0.3, -0.25) is 4.79 Å². The summed E-state index contributed by atoms with van der Waals surface area (Å²) in [7, 11) is 1.26. The molecule has 0 unspecified atom stereocenters. The third-order valence-electron chi connectivity index (χ3n) is 6.15. The molecular weight excluding hydrogens is 428 g/mol. The fourth-order valence-electron chi connectivity index (χ4n) is 4.33. The van der Waals surface area contributed by atoms with Crippen molar-refractivity contribution in [2.45, 2.75) is 36.7 Å². The number of sulfonamides is 1. The van der Waals surface area contributed by atoms with Gasteiger partial charge in [0.05, 0.1) is 10.6 Å². The Kier molecular flexibility index (Phi) is 6.11. The highest BCUT2D eigenvalue weighted by Gasteiger charge is 2.38. The van der Waals surface area contributed by atoms with Crippen LogP contribution >= 0.6 is 0 Å². The lowest BCUT2D eigenvalue weighted by Crippen LogP contribution is -2.56. The van der Waals surface area contributed by atoms with Crippen molar-refractivity contribution >= 4 is 38.9 Å². The molecule has 1 amide bonds. The Labute approximate surface area is 189 Å². The van der Waals surface area contributed by atoms with E-state index >= 15 is 0 Å². The van der Waals surface area contributed by atoms with E-state index in [1.807, 2.05) is 19.1 Å². The number of hydrogen-bond acceptors (Lipinski definition) is 7. The second kappa shape index (κ2) is 8.68. The predicted octanol–water partition coefficient (Wildman–Crippen LogP) is 2.00. The van der Waals surface area contributed by atoms with Crippen LogP contribution in [0.5, 0.6) is 0 Å². The minimum Gasteiger partial charge on any atom is -0.340 e. The molecule has 0 radical (unpaired) electrons. The van der Waals surface area contributed by atoms with Gasteiger partial charge in [-0.15, -0.1) is 0 Å². The van der Waals surface area contributed by atoms with Gasteiger partial charge in [0, 0.05) is 32.9 Å². The highest BCUT2D eigenvalue weighted by molar-refractivity contribution is 7.89. The van der Waals surface area contributed by atoms with E-state index in [2.05, 4.69) is 15.5 Å². The maximum absolute atomic E-state index is 12.9. The largest absolute Gasteiger partial charge is 0.340 e. The molecule has 1 atom stereocenters. The monoisotopic (exact) mass is 458 g/mol. The molecule has 0 saturated carbocycles. The fraction of sp³-hybridized carbons (Fsp3) is 0.455. The molecule has 1 fully saturated rings. The van der Waals surface area contributed by atoms with Crippen LogP contribution in [0.4, 0.5) is 23.0 Å². The first-order valence-electron chi connectivity index (χ1n) is 10.8. The number of fused-ring (bicyclic) bond motifs is 1. The summed E-state index contributed by atoms with van der Waals surface area (Å²) < 4.78 is 26.2. The lowest BCUT2D eigenvalue weighted by Gasteiger charge is -2.45. The third-order valence-corrected chi connectivity index (χ3v) is 7.96. The molecule has 1 aromatic heterocycles. The Bertz CT molecular complexity index is 1110. The van der Waals surface area contributed by atoms with E-state index in [0.717, 1.165) is 37.4 Å². The molecule has 4 rings (SSSR count). The van der Waals surface area contributed by atoms with Crippen LogP contribution in [0, 0.1) is 0 Å². The zero-order valence-electron chi connectivity index (χ0n) is 18.9. The van der Waals surface area contributed by atoms with Gasteiger partial charge in [-0.25, -0.2) is 17.7 Å². The molecule has 0 spiro atoms. The van der Waals surface area contributed by atoms with Gasteiger partial charge in [-0.05, 0) is 63.2 Å². The number of benzene rings is 1. The van der Waals surface area contributed by atoms with Gasteiger partial charge in [-0.2, -0.15) is 0 Å². The molecule has 0 aliphatic carbocycles. The van der Waals surface area contributed by atoms with Gasteiger partial charge < -0.3 is 20.4 Å². The number of nitrogens with one attached hydrogen (secondary N) is 2. The molecule has 1 saturated heterocycles. The summed E-state index contributed by atoms with van der Waals surface area (Å²) in [5.41, 5.74) is 1.41. The average molecular weight is 459 g/mol. The number of pyridine rings is 1. The molecule has 2 aromatic rings. The average Bonchev–Trinajstić information content (AvgIpc) is 2.78. The Morgan fingerprint density at radius 2 is 1.88 bits per heavy atom. The molecule has 2 aliphatic heterocycles. The predicted molar refractivity (Wildman–Crippen MR) is 126 cm³/mol. The highest BCUT2D eigenvalue weighted by Crippen LogP contribution is 2.38. The molecule has 172 valence electrons. The van der Waals surface area contributed by atoms with E-state index in [0.29, 0.717) is 11.5 Å². The summed E-state index contributed by atoms with van der Waals surface area (Å²) in [5.74, 6) is 1.42. The van der Waals surface area contributed by atoms with Crippen LogP contribution in [0.3, 0.4) is 0 Å². The second-order valence-electron chi connectivity index (χ2n) is 8.44. The molecule has 0 bridgehead atoms. The summed E-state index contributed by atoms with van der Waals surface area (Å²) in [4.78, 5) is 21.8. The number of piperidine rings is 1. The van der Waals surface area contributed by atoms with Crippen molar-refractivity contribution < 1.29 is 13.2 Å². The van der Waals surface area contributed by atoms with Gasteiger partial charge in [0.25, 0.3) is 0 Å². The van der Waals surface area contributed by atoms with E-state index in [-0.39, 0.29) is 22.9 Å². The number of nitrogens with zero attached hydrogens (tertiary/aromatic N) is 4. The van der Waals surface area contributed by atoms with E-state index in [1.165, 1.54) is 18.4 Å². The number of carbonyl (C=O) groups is 1. The van der Waals surface area contributed by atoms with E-state index < -0.39 is 10.0 Å². The van der Waals surface area contributed by atoms with Crippen molar-refractivity contribution in [3.8, 4) is 0 Å². The van der Waals surface area contributed by atoms with Crippen molar-refractivity contribution in [2.75, 3.05) is 49.3 Å². The van der Waals surface area contributed by atoms with Crippen LogP contribution in [0.2, 0.25) is 0 Å². The number of hydrogen-bond donors (Lipinski definition) is 2. The van der Waals surface area contributed by atoms with Crippen LogP contribution in [0.15, 0.2) is 41.3 Å². The zero-order valence-corrected chi connectivity index (χ0v) is 19.7. The summed E-state index contributed by atoms with van der Waals surface area (Å²) in [6, 6.07) is 10.3. The van der Waals surface area contributed by atoms with Crippen LogP contribution in [0.25, 0.3) is 0 Å². The first kappa shape index (κ1) is 22.5. The Morgan fingerprint density at radius 3 is 2.56 bits per heavy atom. The van der Waals surface area contributed by atoms with Crippen LogP contribution in [-0.4, -0.2) is 69.9 Å². The molecule has 9 nitrogen and oxygen atoms in total. The normalized spacial score (nSPS) is 19.9. The highest BCUT2D eigenvalue weighted by atomic mass is 32.2. The van der Waals surface area contributed by atoms with Crippen LogP contribution in [0.1, 0.15) is 19.8 Å². The van der Waals surface area contributed by atoms with Gasteiger partial charge in [0.15, 0.2) is 5.82 Å². The van der Waals surface area contributed by atoms with E-state index in [4.69, 9.17) is 4.98 Å². The third kappa shape index (κ3) is 4.05. The fourth-order valence-corrected chi connectivity index (χ4v) is 5.28. The first-order chi connectivity index (χ1) is 15.2. The molecule has 32 heavy (non-hydrogen) atoms. The van der Waals surface area contributed by atoms with Crippen molar-refractivity contribution in [1.82, 2.24) is 14.6 Å². The quantitative estimate of drug-likeness (QED) is 0.707. The van der Waals surface area contributed by atoms with Crippen molar-refractivity contribution in [3.05, 3.63) is 36.4 Å². The van der Waals surface area contributed by atoms with E-state index in [9.17, 15) is 13.2 Å². The van der Waals surface area contributed by atoms with Gasteiger partial charge in [0.1, 0.15) is 11.9 Å². The number of amides is 1. The minimum absolute atomic E-state index is 0.0557. The summed E-state index contributed by atoms with van der Waals surface area (Å²) in [6.07, 6.45) is 1.90. The molecule has 1 aromatic carbocycles. The number of anilines is 4. The number of likely N-dealkylation sites (N-methyl/N-ethyl adjacent to an activating group) is 1. The SMILES string of the molecule is C[C@@H]1C(=O)N(C)c2ccc(Nc3cccc(S(=O)(=O)N(C)C)c3)nc2N1C1CCNCC1. The summed E-state index contributed by atoms with van der Waals surface area (Å²) >= 11 is 0. The first-order valence-corrected chi connectivity index (χ1v) is 12.2. The molecular formula is C22H30N6O3S. The molecule has 2 N–H and O–H groups in total. The Morgan fingerprint density at radius 1 is 1.16 bits per heavy atom. The maximum Gasteiger partial charge on any atom is 0.249 e. The topological polar surface area (TPSA) is 97.9 Å². The second-order valence-corrected chi connectivity index (χ2v) is 10.6. The summed E-state index contributed by atoms with van der Waals surface area (Å²) in [5, 5.41) is 6.61. The zero-order chi connectivity index (χ0) is 23.0. The number of rotatable bonds is 5. The van der Waals surface area contributed by atoms with Crippen molar-refractivity contribution in [3.63, 3.8) is 0 Å². The van der Waals surface area contributed by atoms with Gasteiger partial charge >= 0.3 is 0 Å². The van der Waals surface area contributed by atoms with Gasteiger partial charge in [-0.1, -0.05) is 6.07 Å². The summed E-state index contributed by atoms with van der Waals surface area (Å²) in [6.45, 7) is 3.76. The Hall–Kier alpha value is -2.69. The molecule has 3 heterocycles. The van der Waals surface area contributed by atoms with Crippen molar-refractivity contribution in [1.29, 1.82) is 0 Å². The van der Waals surface area contributed by atoms with Crippen molar-refractivity contribution in [2.24, 2.45) is 0 Å². The minimum atomic E-state index is -3.54. The number of aromatic nitrogens is 1. The van der Waals surface area contributed by atoms with E-state index in [1.54, 1.807) is 36.2 Å². The molecule has 2 aliphatic rings. The lowest BCUT2D eigenvalue weighted by molar-refractivity contribution is -0.119. The maximum atomic E-state index is 12.9. The molecule has 10 heteroatoms. The lowest BCUT2D eigenvalue weighted by atomic mass is 10.00. The van der Waals surface area contributed by atoms with Gasteiger partial charge in [0.2, 0.25) is 15.9 Å². The standard InChI is InChI=1S/C22H30N6O3S/c1-15-22(29)27(4)19-8-9-20(25-21(19)28(15)17-10-12-23-13-11-17)24-16-6-5-7-18(14-16)32(30,31)26(2)3/h5-9,14-15,17,23H,10-13H2,1-4H3,(H,24,25)/t15-/m1/s1. The van der Waals surface area contributed by atoms with Crippen LogP contribution in [-0.2, 0) is 14.8 Å². The van der Waals surface area contributed by atoms with Crippen LogP contribution < -0.4 is 20.4 Å². The Balaban J connectivity index is 1.69. The smallest absolute Gasteiger partial charge is 0.249 e.